The lowest BCUT2D eigenvalue weighted by molar-refractivity contribution is 0.284. The summed E-state index contributed by atoms with van der Waals surface area (Å²) < 4.78 is 13.7. The summed E-state index contributed by atoms with van der Waals surface area (Å²) >= 11 is 5.39. The zero-order chi connectivity index (χ0) is 20.8. The summed E-state index contributed by atoms with van der Waals surface area (Å²) in [5.74, 6) is 2.69. The average Bonchev–Trinajstić information content (AvgIpc) is 3.18. The molecule has 1 aliphatic rings. The second-order valence-corrected chi connectivity index (χ2v) is 7.85. The van der Waals surface area contributed by atoms with Gasteiger partial charge in [0.1, 0.15) is 6.61 Å². The van der Waals surface area contributed by atoms with Gasteiger partial charge in [-0.25, -0.2) is 0 Å². The Morgan fingerprint density at radius 1 is 1.13 bits per heavy atom. The van der Waals surface area contributed by atoms with Gasteiger partial charge in [-0.3, -0.25) is 5.10 Å². The maximum absolute atomic E-state index is 5.93. The molecule has 0 bridgehead atoms. The highest BCUT2D eigenvalue weighted by Crippen LogP contribution is 2.32. The van der Waals surface area contributed by atoms with Crippen molar-refractivity contribution in [1.29, 1.82) is 0 Å². The summed E-state index contributed by atoms with van der Waals surface area (Å²) in [6.45, 7) is 0.486. The van der Waals surface area contributed by atoms with Crippen molar-refractivity contribution in [3.05, 3.63) is 70.3 Å². The number of hydrogen-bond acceptors (Lipinski definition) is 5. The van der Waals surface area contributed by atoms with E-state index >= 15 is 0 Å². The van der Waals surface area contributed by atoms with Crippen LogP contribution in [0.25, 0.3) is 0 Å². The van der Waals surface area contributed by atoms with Gasteiger partial charge in [0.05, 0.1) is 13.3 Å². The number of ether oxygens (including phenoxy) is 2. The first kappa shape index (κ1) is 20.3. The molecule has 0 amide bonds. The minimum atomic E-state index is 0.409. The quantitative estimate of drug-likeness (QED) is 0.406. The molecule has 1 aromatic heterocycles. The fourth-order valence-electron chi connectivity index (χ4n) is 3.78. The lowest BCUT2D eigenvalue weighted by atomic mass is 9.89. The van der Waals surface area contributed by atoms with Gasteiger partial charge in [0.2, 0.25) is 4.77 Å². The fourth-order valence-corrected chi connectivity index (χ4v) is 3.97. The molecule has 6 nitrogen and oxygen atoms in total. The molecule has 0 aliphatic heterocycles. The molecule has 30 heavy (non-hydrogen) atoms. The van der Waals surface area contributed by atoms with Crippen molar-refractivity contribution >= 4 is 18.4 Å². The molecule has 0 atom stereocenters. The Kier molecular flexibility index (Phi) is 6.59. The second-order valence-electron chi connectivity index (χ2n) is 7.46. The van der Waals surface area contributed by atoms with Crippen molar-refractivity contribution in [2.24, 2.45) is 5.10 Å². The van der Waals surface area contributed by atoms with E-state index in [1.165, 1.54) is 19.3 Å². The van der Waals surface area contributed by atoms with E-state index in [1.54, 1.807) is 18.0 Å². The smallest absolute Gasteiger partial charge is 0.216 e. The van der Waals surface area contributed by atoms with Crippen LogP contribution in [-0.4, -0.2) is 28.2 Å². The lowest BCUT2D eigenvalue weighted by Gasteiger charge is -2.19. The van der Waals surface area contributed by atoms with Crippen LogP contribution in [0.1, 0.15) is 55.0 Å². The number of nitrogens with one attached hydrogen (secondary N) is 1. The van der Waals surface area contributed by atoms with Gasteiger partial charge in [-0.1, -0.05) is 49.6 Å². The van der Waals surface area contributed by atoms with Crippen LogP contribution >= 0.6 is 12.2 Å². The summed E-state index contributed by atoms with van der Waals surface area (Å²) in [4.78, 5) is 0. The van der Waals surface area contributed by atoms with E-state index in [-0.39, 0.29) is 0 Å². The number of aromatic nitrogens is 3. The van der Waals surface area contributed by atoms with E-state index in [9.17, 15) is 0 Å². The molecule has 0 saturated heterocycles. The van der Waals surface area contributed by atoms with Crippen LogP contribution in [0, 0.1) is 4.77 Å². The molecule has 0 unspecified atom stereocenters. The zero-order valence-electron chi connectivity index (χ0n) is 17.1. The van der Waals surface area contributed by atoms with Gasteiger partial charge in [0.25, 0.3) is 0 Å². The number of rotatable bonds is 7. The molecule has 3 aromatic rings. The first-order chi connectivity index (χ1) is 14.7. The number of nitrogens with zero attached hydrogens (tertiary/aromatic N) is 3. The van der Waals surface area contributed by atoms with E-state index in [0.717, 1.165) is 29.8 Å². The summed E-state index contributed by atoms with van der Waals surface area (Å²) in [5.41, 5.74) is 2.01. The third-order valence-electron chi connectivity index (χ3n) is 5.39. The maximum Gasteiger partial charge on any atom is 0.216 e. The molecule has 0 radical (unpaired) electrons. The second kappa shape index (κ2) is 9.71. The summed E-state index contributed by atoms with van der Waals surface area (Å²) in [7, 11) is 1.64. The highest BCUT2D eigenvalue weighted by atomic mass is 32.1. The normalized spacial score (nSPS) is 14.8. The molecular formula is C23H26N4O2S. The Hall–Kier alpha value is -2.93. The predicted octanol–water partition coefficient (Wildman–Crippen LogP) is 5.46. The molecule has 156 valence electrons. The van der Waals surface area contributed by atoms with Gasteiger partial charge in [0.15, 0.2) is 17.3 Å². The Balaban J connectivity index is 1.50. The molecule has 1 saturated carbocycles. The minimum absolute atomic E-state index is 0.409. The van der Waals surface area contributed by atoms with Crippen molar-refractivity contribution in [1.82, 2.24) is 14.9 Å². The first-order valence-electron chi connectivity index (χ1n) is 10.3. The van der Waals surface area contributed by atoms with Crippen molar-refractivity contribution < 1.29 is 9.47 Å². The van der Waals surface area contributed by atoms with E-state index in [4.69, 9.17) is 21.7 Å². The van der Waals surface area contributed by atoms with Gasteiger partial charge in [-0.15, -0.1) is 0 Å². The summed E-state index contributed by atoms with van der Waals surface area (Å²) in [6, 6.07) is 15.8. The zero-order valence-corrected chi connectivity index (χ0v) is 17.9. The molecule has 1 fully saturated rings. The summed E-state index contributed by atoms with van der Waals surface area (Å²) in [5, 5.41) is 11.9. The number of H-pyrrole nitrogens is 1. The monoisotopic (exact) mass is 422 g/mol. The third-order valence-corrected chi connectivity index (χ3v) is 5.66. The Morgan fingerprint density at radius 2 is 1.93 bits per heavy atom. The van der Waals surface area contributed by atoms with E-state index < -0.39 is 0 Å². The van der Waals surface area contributed by atoms with Gasteiger partial charge < -0.3 is 9.47 Å². The molecule has 1 N–H and O–H groups in total. The SMILES string of the molecule is COc1cc(/C=N/n2c(C3CCCCC3)n[nH]c2=S)ccc1OCc1ccccc1. The van der Waals surface area contributed by atoms with E-state index in [0.29, 0.717) is 28.8 Å². The Morgan fingerprint density at radius 3 is 2.70 bits per heavy atom. The van der Waals surface area contributed by atoms with Crippen molar-refractivity contribution in [2.45, 2.75) is 44.6 Å². The van der Waals surface area contributed by atoms with Crippen LogP contribution in [0.15, 0.2) is 53.6 Å². The lowest BCUT2D eigenvalue weighted by Crippen LogP contribution is -2.10. The predicted molar refractivity (Wildman–Crippen MR) is 120 cm³/mol. The largest absolute Gasteiger partial charge is 0.493 e. The van der Waals surface area contributed by atoms with Gasteiger partial charge >= 0.3 is 0 Å². The number of aromatic amines is 1. The van der Waals surface area contributed by atoms with Crippen LogP contribution in [0.4, 0.5) is 0 Å². The molecule has 7 heteroatoms. The van der Waals surface area contributed by atoms with Gasteiger partial charge in [0, 0.05) is 5.92 Å². The Labute approximate surface area is 181 Å². The highest BCUT2D eigenvalue weighted by Gasteiger charge is 2.21. The average molecular weight is 423 g/mol. The van der Waals surface area contributed by atoms with Crippen molar-refractivity contribution in [3.63, 3.8) is 0 Å². The standard InChI is InChI=1S/C23H26N4O2S/c1-28-21-14-18(12-13-20(21)29-16-17-8-4-2-5-9-17)15-24-27-22(25-26-23(27)30)19-10-6-3-7-11-19/h2,4-5,8-9,12-15,19H,3,6-7,10-11,16H2,1H3,(H,26,30)/b24-15+. The topological polar surface area (TPSA) is 64.4 Å². The molecule has 2 aromatic carbocycles. The van der Waals surface area contributed by atoms with Crippen LogP contribution < -0.4 is 9.47 Å². The third kappa shape index (κ3) is 4.79. The highest BCUT2D eigenvalue weighted by molar-refractivity contribution is 7.71. The Bertz CT molecular complexity index is 1050. The number of benzene rings is 2. The molecule has 1 aliphatic carbocycles. The molecule has 1 heterocycles. The van der Waals surface area contributed by atoms with Crippen molar-refractivity contribution in [2.75, 3.05) is 7.11 Å². The van der Waals surface area contributed by atoms with Crippen LogP contribution in [0.3, 0.4) is 0 Å². The molecule has 0 spiro atoms. The summed E-state index contributed by atoms with van der Waals surface area (Å²) in [6.07, 6.45) is 7.81. The van der Waals surface area contributed by atoms with Gasteiger partial charge in [-0.05, 0) is 54.4 Å². The van der Waals surface area contributed by atoms with E-state index in [1.807, 2.05) is 48.5 Å². The first-order valence-corrected chi connectivity index (χ1v) is 10.7. The fraction of sp³-hybridized carbons (Fsp3) is 0.348. The number of methoxy groups -OCH3 is 1. The minimum Gasteiger partial charge on any atom is -0.493 e. The number of hydrogen-bond donors (Lipinski definition) is 1. The maximum atomic E-state index is 5.93. The van der Waals surface area contributed by atoms with Crippen LogP contribution in [0.2, 0.25) is 0 Å². The van der Waals surface area contributed by atoms with Crippen molar-refractivity contribution in [3.8, 4) is 11.5 Å². The van der Waals surface area contributed by atoms with E-state index in [2.05, 4.69) is 15.3 Å². The van der Waals surface area contributed by atoms with Gasteiger partial charge in [-0.2, -0.15) is 14.9 Å². The molecule has 4 rings (SSSR count). The molecular weight excluding hydrogens is 396 g/mol. The van der Waals surface area contributed by atoms with Crippen LogP contribution in [-0.2, 0) is 6.61 Å². The van der Waals surface area contributed by atoms with Crippen LogP contribution in [0.5, 0.6) is 11.5 Å².